The number of benzene rings is 1. The van der Waals surface area contributed by atoms with Crippen molar-refractivity contribution >= 4 is 21.8 Å². The maximum Gasteiger partial charge on any atom is 0.258 e. The molecule has 0 saturated heterocycles. The van der Waals surface area contributed by atoms with E-state index in [9.17, 15) is 4.79 Å². The average molecular weight is 343 g/mol. The van der Waals surface area contributed by atoms with Crippen LogP contribution in [0.25, 0.3) is 0 Å². The zero-order valence-corrected chi connectivity index (χ0v) is 13.9. The number of carbonyl (C=O) groups is 1. The fourth-order valence-corrected chi connectivity index (χ4v) is 2.31. The fraction of sp³-hybridized carbons (Fsp3) is 0.533. The van der Waals surface area contributed by atoms with Gasteiger partial charge in [0.25, 0.3) is 5.91 Å². The molecule has 1 amide bonds. The predicted octanol–water partition coefficient (Wildman–Crippen LogP) is 2.84. The third-order valence-corrected chi connectivity index (χ3v) is 3.49. The van der Waals surface area contributed by atoms with E-state index in [1.165, 1.54) is 0 Å². The molecule has 0 fully saturated rings. The molecule has 0 saturated carbocycles. The third kappa shape index (κ3) is 5.13. The highest BCUT2D eigenvalue weighted by Gasteiger charge is 2.18. The number of nitrogens with one attached hydrogen (secondary N) is 1. The van der Waals surface area contributed by atoms with Crippen molar-refractivity contribution in [2.24, 2.45) is 11.7 Å². The van der Waals surface area contributed by atoms with Crippen LogP contribution in [0.3, 0.4) is 0 Å². The second kappa shape index (κ2) is 8.27. The molecule has 0 bridgehead atoms. The van der Waals surface area contributed by atoms with Gasteiger partial charge in [0.2, 0.25) is 0 Å². The summed E-state index contributed by atoms with van der Waals surface area (Å²) in [6.45, 7) is 7.82. The smallest absolute Gasteiger partial charge is 0.258 e. The number of primary amides is 1. The highest BCUT2D eigenvalue weighted by atomic mass is 79.9. The van der Waals surface area contributed by atoms with Crippen molar-refractivity contribution in [1.29, 1.82) is 0 Å². The van der Waals surface area contributed by atoms with Crippen LogP contribution in [0.15, 0.2) is 22.7 Å². The first kappa shape index (κ1) is 17.0. The minimum Gasteiger partial charge on any atom is -0.479 e. The molecule has 0 aliphatic heterocycles. The first-order valence-electron chi connectivity index (χ1n) is 6.89. The van der Waals surface area contributed by atoms with E-state index in [1.807, 2.05) is 25.1 Å². The Bertz CT molecular complexity index is 449. The van der Waals surface area contributed by atoms with Gasteiger partial charge in [-0.3, -0.25) is 4.79 Å². The number of amides is 1. The molecule has 1 unspecified atom stereocenters. The second-order valence-electron chi connectivity index (χ2n) is 5.17. The van der Waals surface area contributed by atoms with Crippen LogP contribution in [0.1, 0.15) is 32.8 Å². The molecule has 0 aliphatic carbocycles. The van der Waals surface area contributed by atoms with Gasteiger partial charge in [0, 0.05) is 12.1 Å². The number of hydrogen-bond donors (Lipinski definition) is 2. The van der Waals surface area contributed by atoms with Crippen LogP contribution in [-0.2, 0) is 11.3 Å². The number of para-hydroxylation sites is 1. The van der Waals surface area contributed by atoms with Crippen LogP contribution in [-0.4, -0.2) is 18.6 Å². The summed E-state index contributed by atoms with van der Waals surface area (Å²) in [7, 11) is 0. The number of ether oxygens (including phenoxy) is 1. The van der Waals surface area contributed by atoms with Crippen molar-refractivity contribution in [3.63, 3.8) is 0 Å². The molecule has 0 aliphatic rings. The molecule has 5 heteroatoms. The molecule has 3 N–H and O–H groups in total. The largest absolute Gasteiger partial charge is 0.479 e. The number of halogens is 1. The second-order valence-corrected chi connectivity index (χ2v) is 6.02. The first-order valence-corrected chi connectivity index (χ1v) is 7.69. The lowest BCUT2D eigenvalue weighted by Crippen LogP contribution is -2.33. The van der Waals surface area contributed by atoms with E-state index in [0.29, 0.717) is 24.6 Å². The number of rotatable bonds is 8. The van der Waals surface area contributed by atoms with Crippen molar-refractivity contribution in [1.82, 2.24) is 5.32 Å². The number of hydrogen-bond acceptors (Lipinski definition) is 3. The zero-order valence-electron chi connectivity index (χ0n) is 12.3. The highest BCUT2D eigenvalue weighted by Crippen LogP contribution is 2.30. The number of carbonyl (C=O) groups excluding carboxylic acids is 1. The monoisotopic (exact) mass is 342 g/mol. The molecular formula is C15H23BrN2O2. The van der Waals surface area contributed by atoms with Gasteiger partial charge in [-0.2, -0.15) is 0 Å². The summed E-state index contributed by atoms with van der Waals surface area (Å²) in [6, 6.07) is 5.84. The number of nitrogens with two attached hydrogens (primary N) is 1. The van der Waals surface area contributed by atoms with Gasteiger partial charge in [-0.05, 0) is 40.9 Å². The van der Waals surface area contributed by atoms with E-state index in [2.05, 4.69) is 35.1 Å². The topological polar surface area (TPSA) is 64.3 Å². The highest BCUT2D eigenvalue weighted by molar-refractivity contribution is 9.10. The van der Waals surface area contributed by atoms with E-state index in [-0.39, 0.29) is 0 Å². The SMILES string of the molecule is CCC(Oc1c(Br)cccc1CNCC(C)C)C(N)=O. The van der Waals surface area contributed by atoms with Crippen LogP contribution in [0.5, 0.6) is 5.75 Å². The molecule has 1 aromatic rings. The standard InChI is InChI=1S/C15H23BrN2O2/c1-4-13(15(17)19)20-14-11(6-5-7-12(14)16)9-18-8-10(2)3/h5-7,10,13,18H,4,8-9H2,1-3H3,(H2,17,19). The van der Waals surface area contributed by atoms with Gasteiger partial charge in [-0.1, -0.05) is 32.9 Å². The lowest BCUT2D eigenvalue weighted by molar-refractivity contribution is -0.124. The van der Waals surface area contributed by atoms with Crippen molar-refractivity contribution in [3.05, 3.63) is 28.2 Å². The van der Waals surface area contributed by atoms with Gasteiger partial charge in [0.1, 0.15) is 5.75 Å². The minimum atomic E-state index is -0.599. The van der Waals surface area contributed by atoms with E-state index < -0.39 is 12.0 Å². The molecule has 20 heavy (non-hydrogen) atoms. The molecule has 1 aromatic carbocycles. The van der Waals surface area contributed by atoms with Crippen LogP contribution >= 0.6 is 15.9 Å². The summed E-state index contributed by atoms with van der Waals surface area (Å²) in [5.41, 5.74) is 6.35. The van der Waals surface area contributed by atoms with Crippen LogP contribution in [0, 0.1) is 5.92 Å². The molecule has 0 radical (unpaired) electrons. The Balaban J connectivity index is 2.84. The molecule has 112 valence electrons. The van der Waals surface area contributed by atoms with Crippen molar-refractivity contribution < 1.29 is 9.53 Å². The molecule has 0 spiro atoms. The Morgan fingerprint density at radius 2 is 2.15 bits per heavy atom. The quantitative estimate of drug-likeness (QED) is 0.763. The summed E-state index contributed by atoms with van der Waals surface area (Å²) in [5, 5.41) is 3.37. The van der Waals surface area contributed by atoms with Crippen LogP contribution < -0.4 is 15.8 Å². The lowest BCUT2D eigenvalue weighted by atomic mass is 10.1. The summed E-state index contributed by atoms with van der Waals surface area (Å²) in [4.78, 5) is 11.3. The zero-order chi connectivity index (χ0) is 15.1. The van der Waals surface area contributed by atoms with Crippen molar-refractivity contribution in [3.8, 4) is 5.75 Å². The van der Waals surface area contributed by atoms with Gasteiger partial charge >= 0.3 is 0 Å². The maximum atomic E-state index is 11.3. The molecular weight excluding hydrogens is 320 g/mol. The average Bonchev–Trinajstić information content (AvgIpc) is 2.37. The fourth-order valence-electron chi connectivity index (χ4n) is 1.81. The minimum absolute atomic E-state index is 0.440. The van der Waals surface area contributed by atoms with Gasteiger partial charge < -0.3 is 15.8 Å². The van der Waals surface area contributed by atoms with Gasteiger partial charge in [-0.15, -0.1) is 0 Å². The van der Waals surface area contributed by atoms with Gasteiger partial charge in [0.05, 0.1) is 4.47 Å². The Kier molecular flexibility index (Phi) is 7.02. The predicted molar refractivity (Wildman–Crippen MR) is 84.6 cm³/mol. The van der Waals surface area contributed by atoms with Gasteiger partial charge in [-0.25, -0.2) is 0 Å². The first-order chi connectivity index (χ1) is 9.45. The molecule has 0 aromatic heterocycles. The molecule has 4 nitrogen and oxygen atoms in total. The van der Waals surface area contributed by atoms with E-state index in [4.69, 9.17) is 10.5 Å². The van der Waals surface area contributed by atoms with E-state index >= 15 is 0 Å². The molecule has 0 heterocycles. The third-order valence-electron chi connectivity index (χ3n) is 2.86. The lowest BCUT2D eigenvalue weighted by Gasteiger charge is -2.19. The summed E-state index contributed by atoms with van der Waals surface area (Å²) >= 11 is 3.47. The Labute approximate surface area is 129 Å². The summed E-state index contributed by atoms with van der Waals surface area (Å²) < 4.78 is 6.62. The van der Waals surface area contributed by atoms with Gasteiger partial charge in [0.15, 0.2) is 6.10 Å². The summed E-state index contributed by atoms with van der Waals surface area (Å²) in [6.07, 6.45) is -0.0484. The maximum absolute atomic E-state index is 11.3. The Morgan fingerprint density at radius 1 is 1.45 bits per heavy atom. The molecule has 1 rings (SSSR count). The normalized spacial score (nSPS) is 12.4. The van der Waals surface area contributed by atoms with E-state index in [1.54, 1.807) is 0 Å². The van der Waals surface area contributed by atoms with Crippen LogP contribution in [0.2, 0.25) is 0 Å². The van der Waals surface area contributed by atoms with Crippen molar-refractivity contribution in [2.45, 2.75) is 39.8 Å². The molecule has 1 atom stereocenters. The van der Waals surface area contributed by atoms with Crippen molar-refractivity contribution in [2.75, 3.05) is 6.54 Å². The van der Waals surface area contributed by atoms with E-state index in [0.717, 1.165) is 16.6 Å². The van der Waals surface area contributed by atoms with Crippen LogP contribution in [0.4, 0.5) is 0 Å². The Morgan fingerprint density at radius 3 is 2.70 bits per heavy atom. The summed E-state index contributed by atoms with van der Waals surface area (Å²) in [5.74, 6) is 0.833. The Hall–Kier alpha value is -1.07.